The summed E-state index contributed by atoms with van der Waals surface area (Å²) in [4.78, 5) is 10.9. The first-order valence-electron chi connectivity index (χ1n) is 5.82. The molecule has 0 saturated carbocycles. The van der Waals surface area contributed by atoms with Gasteiger partial charge in [0, 0.05) is 12.6 Å². The summed E-state index contributed by atoms with van der Waals surface area (Å²) < 4.78 is 4.53. The van der Waals surface area contributed by atoms with Crippen LogP contribution < -0.4 is 5.32 Å². The summed E-state index contributed by atoms with van der Waals surface area (Å²) in [5.41, 5.74) is 2.24. The molecule has 0 atom stereocenters. The predicted octanol–water partition coefficient (Wildman–Crippen LogP) is 2.37. The van der Waals surface area contributed by atoms with E-state index in [1.54, 1.807) is 6.08 Å². The van der Waals surface area contributed by atoms with E-state index in [9.17, 15) is 4.79 Å². The first kappa shape index (κ1) is 13.5. The summed E-state index contributed by atoms with van der Waals surface area (Å²) in [5.74, 6) is -0.335. The Balaban J connectivity index is 2.50. The Morgan fingerprint density at radius 2 is 2.06 bits per heavy atom. The predicted molar refractivity (Wildman–Crippen MR) is 69.5 cm³/mol. The zero-order valence-electron chi connectivity index (χ0n) is 10.4. The number of carbonyl (C=O) groups excluding carboxylic acids is 1. The van der Waals surface area contributed by atoms with Gasteiger partial charge in [-0.05, 0) is 30.2 Å². The van der Waals surface area contributed by atoms with E-state index < -0.39 is 0 Å². The minimum Gasteiger partial charge on any atom is -0.466 e. The standard InChI is InChI=1S/C14H19NO2/c1-3-10-15-11-13-6-4-12(5-7-13)8-9-14(16)17-2/h4-9,15H,3,10-11H2,1-2H3/b9-8+. The molecule has 0 spiro atoms. The third-order valence-electron chi connectivity index (χ3n) is 2.35. The smallest absolute Gasteiger partial charge is 0.330 e. The summed E-state index contributed by atoms with van der Waals surface area (Å²) in [6.45, 7) is 4.06. The second-order valence-electron chi connectivity index (χ2n) is 3.77. The van der Waals surface area contributed by atoms with Crippen LogP contribution >= 0.6 is 0 Å². The summed E-state index contributed by atoms with van der Waals surface area (Å²) in [6, 6.07) is 8.09. The van der Waals surface area contributed by atoms with Crippen LogP contribution in [0.15, 0.2) is 30.3 Å². The molecule has 0 heterocycles. The van der Waals surface area contributed by atoms with Crippen LogP contribution in [-0.4, -0.2) is 19.6 Å². The van der Waals surface area contributed by atoms with Crippen LogP contribution in [0.2, 0.25) is 0 Å². The third-order valence-corrected chi connectivity index (χ3v) is 2.35. The number of nitrogens with one attached hydrogen (secondary N) is 1. The van der Waals surface area contributed by atoms with E-state index in [0.717, 1.165) is 25.1 Å². The van der Waals surface area contributed by atoms with Gasteiger partial charge in [-0.3, -0.25) is 0 Å². The molecule has 1 aromatic rings. The van der Waals surface area contributed by atoms with Gasteiger partial charge < -0.3 is 10.1 Å². The van der Waals surface area contributed by atoms with Gasteiger partial charge in [0.15, 0.2) is 0 Å². The number of benzene rings is 1. The van der Waals surface area contributed by atoms with Crippen molar-refractivity contribution in [3.63, 3.8) is 0 Å². The Morgan fingerprint density at radius 3 is 2.65 bits per heavy atom. The molecule has 0 aliphatic heterocycles. The van der Waals surface area contributed by atoms with Crippen LogP contribution in [0, 0.1) is 0 Å². The maximum absolute atomic E-state index is 10.9. The topological polar surface area (TPSA) is 38.3 Å². The van der Waals surface area contributed by atoms with E-state index in [2.05, 4.69) is 29.1 Å². The fraction of sp³-hybridized carbons (Fsp3) is 0.357. The number of esters is 1. The molecule has 92 valence electrons. The van der Waals surface area contributed by atoms with E-state index in [1.165, 1.54) is 18.7 Å². The van der Waals surface area contributed by atoms with Crippen molar-refractivity contribution in [1.82, 2.24) is 5.32 Å². The van der Waals surface area contributed by atoms with Crippen LogP contribution in [0.3, 0.4) is 0 Å². The SMILES string of the molecule is CCCNCc1ccc(/C=C/C(=O)OC)cc1. The highest BCUT2D eigenvalue weighted by atomic mass is 16.5. The van der Waals surface area contributed by atoms with Gasteiger partial charge in [0.1, 0.15) is 0 Å². The van der Waals surface area contributed by atoms with Crippen molar-refractivity contribution >= 4 is 12.0 Å². The first-order chi connectivity index (χ1) is 8.26. The second kappa shape index (κ2) is 7.63. The van der Waals surface area contributed by atoms with Crippen LogP contribution in [0.4, 0.5) is 0 Å². The molecule has 3 heteroatoms. The Morgan fingerprint density at radius 1 is 1.35 bits per heavy atom. The Hall–Kier alpha value is -1.61. The number of carbonyl (C=O) groups is 1. The van der Waals surface area contributed by atoms with E-state index in [-0.39, 0.29) is 5.97 Å². The molecule has 17 heavy (non-hydrogen) atoms. The van der Waals surface area contributed by atoms with Crippen molar-refractivity contribution < 1.29 is 9.53 Å². The summed E-state index contributed by atoms with van der Waals surface area (Å²) in [7, 11) is 1.37. The number of hydrogen-bond acceptors (Lipinski definition) is 3. The molecule has 0 aliphatic rings. The number of methoxy groups -OCH3 is 1. The fourth-order valence-corrected chi connectivity index (χ4v) is 1.39. The average Bonchev–Trinajstić information content (AvgIpc) is 2.37. The van der Waals surface area contributed by atoms with Gasteiger partial charge in [0.25, 0.3) is 0 Å². The minimum absolute atomic E-state index is 0.335. The molecule has 0 unspecified atom stereocenters. The highest BCUT2D eigenvalue weighted by Gasteiger charge is 1.94. The number of hydrogen-bond donors (Lipinski definition) is 1. The van der Waals surface area contributed by atoms with Crippen molar-refractivity contribution in [1.29, 1.82) is 0 Å². The molecule has 0 aromatic heterocycles. The molecule has 1 N–H and O–H groups in total. The second-order valence-corrected chi connectivity index (χ2v) is 3.77. The lowest BCUT2D eigenvalue weighted by atomic mass is 10.1. The molecule has 1 rings (SSSR count). The molecule has 0 amide bonds. The van der Waals surface area contributed by atoms with Crippen molar-refractivity contribution in [2.24, 2.45) is 0 Å². The zero-order valence-corrected chi connectivity index (χ0v) is 10.4. The average molecular weight is 233 g/mol. The summed E-state index contributed by atoms with van der Waals surface area (Å²) in [5, 5.41) is 3.34. The van der Waals surface area contributed by atoms with E-state index in [0.29, 0.717) is 0 Å². The quantitative estimate of drug-likeness (QED) is 0.466. The largest absolute Gasteiger partial charge is 0.466 e. The molecule has 0 bridgehead atoms. The molecular weight excluding hydrogens is 214 g/mol. The van der Waals surface area contributed by atoms with Crippen LogP contribution in [-0.2, 0) is 16.1 Å². The Kier molecular flexibility index (Phi) is 6.04. The summed E-state index contributed by atoms with van der Waals surface area (Å²) >= 11 is 0. The van der Waals surface area contributed by atoms with Gasteiger partial charge in [-0.1, -0.05) is 31.2 Å². The fourth-order valence-electron chi connectivity index (χ4n) is 1.39. The lowest BCUT2D eigenvalue weighted by Gasteiger charge is -2.03. The van der Waals surface area contributed by atoms with Gasteiger partial charge in [-0.2, -0.15) is 0 Å². The molecular formula is C14H19NO2. The molecule has 0 saturated heterocycles. The van der Waals surface area contributed by atoms with Gasteiger partial charge in [0.05, 0.1) is 7.11 Å². The summed E-state index contributed by atoms with van der Waals surface area (Å²) in [6.07, 6.45) is 4.30. The van der Waals surface area contributed by atoms with Crippen LogP contribution in [0.1, 0.15) is 24.5 Å². The molecule has 1 aromatic carbocycles. The van der Waals surface area contributed by atoms with Crippen molar-refractivity contribution in [2.75, 3.05) is 13.7 Å². The Labute approximate surface area is 102 Å². The van der Waals surface area contributed by atoms with Crippen LogP contribution in [0.5, 0.6) is 0 Å². The van der Waals surface area contributed by atoms with Crippen molar-refractivity contribution in [2.45, 2.75) is 19.9 Å². The van der Waals surface area contributed by atoms with Gasteiger partial charge >= 0.3 is 5.97 Å². The highest BCUT2D eigenvalue weighted by molar-refractivity contribution is 5.86. The van der Waals surface area contributed by atoms with E-state index in [1.807, 2.05) is 12.1 Å². The first-order valence-corrected chi connectivity index (χ1v) is 5.82. The lowest BCUT2D eigenvalue weighted by Crippen LogP contribution is -2.13. The maximum atomic E-state index is 10.9. The Bertz CT molecular complexity index is 368. The van der Waals surface area contributed by atoms with Crippen molar-refractivity contribution in [3.8, 4) is 0 Å². The number of ether oxygens (including phenoxy) is 1. The normalized spacial score (nSPS) is 10.7. The zero-order chi connectivity index (χ0) is 12.5. The monoisotopic (exact) mass is 233 g/mol. The van der Waals surface area contributed by atoms with E-state index >= 15 is 0 Å². The minimum atomic E-state index is -0.335. The maximum Gasteiger partial charge on any atom is 0.330 e. The molecule has 3 nitrogen and oxygen atoms in total. The van der Waals surface area contributed by atoms with Crippen molar-refractivity contribution in [3.05, 3.63) is 41.5 Å². The van der Waals surface area contributed by atoms with E-state index in [4.69, 9.17) is 0 Å². The van der Waals surface area contributed by atoms with Gasteiger partial charge in [0.2, 0.25) is 0 Å². The molecule has 0 fully saturated rings. The lowest BCUT2D eigenvalue weighted by molar-refractivity contribution is -0.134. The van der Waals surface area contributed by atoms with Gasteiger partial charge in [-0.15, -0.1) is 0 Å². The third kappa shape index (κ3) is 5.31. The molecule has 0 radical (unpaired) electrons. The highest BCUT2D eigenvalue weighted by Crippen LogP contribution is 2.06. The number of rotatable bonds is 6. The van der Waals surface area contributed by atoms with Crippen LogP contribution in [0.25, 0.3) is 6.08 Å². The van der Waals surface area contributed by atoms with Gasteiger partial charge in [-0.25, -0.2) is 4.79 Å². The molecule has 0 aliphatic carbocycles.